The van der Waals surface area contributed by atoms with Gasteiger partial charge in [-0.3, -0.25) is 14.4 Å². The van der Waals surface area contributed by atoms with Crippen LogP contribution in [0.15, 0.2) is 42.6 Å². The molecule has 1 amide bonds. The van der Waals surface area contributed by atoms with E-state index in [9.17, 15) is 18.0 Å². The number of hydrogen-bond donors (Lipinski definition) is 1. The van der Waals surface area contributed by atoms with Crippen molar-refractivity contribution < 1.29 is 27.4 Å². The van der Waals surface area contributed by atoms with Crippen LogP contribution in [-0.4, -0.2) is 42.1 Å². The number of benzene rings is 2. The number of nitrogens with two attached hydrogens (primary N) is 1. The van der Waals surface area contributed by atoms with Gasteiger partial charge in [0.2, 0.25) is 0 Å². The highest BCUT2D eigenvalue weighted by molar-refractivity contribution is 6.33. The van der Waals surface area contributed by atoms with E-state index in [2.05, 4.69) is 5.10 Å². The Hall–Kier alpha value is -3.24. The Bertz CT molecular complexity index is 1140. The highest BCUT2D eigenvalue weighted by Crippen LogP contribution is 2.40. The molecule has 1 heterocycles. The third-order valence-corrected chi connectivity index (χ3v) is 5.10. The molecule has 3 rings (SSSR count). The summed E-state index contributed by atoms with van der Waals surface area (Å²) in [5.74, 6) is -1.24. The number of carbonyl (C=O) groups excluding carboxylic acids is 1. The van der Waals surface area contributed by atoms with Gasteiger partial charge in [-0.1, -0.05) is 11.6 Å². The minimum atomic E-state index is -5.12. The first-order chi connectivity index (χ1) is 15.6. The minimum Gasteiger partial charge on any atom is -0.496 e. The molecule has 0 atom stereocenters. The molecule has 0 aliphatic rings. The lowest BCUT2D eigenvalue weighted by atomic mass is 10.1. The average molecular weight is 483 g/mol. The lowest BCUT2D eigenvalue weighted by Crippen LogP contribution is -2.38. The number of nitrogens with zero attached hydrogens (tertiary/aromatic N) is 3. The van der Waals surface area contributed by atoms with E-state index in [0.29, 0.717) is 33.2 Å². The molecule has 0 fully saturated rings. The number of ether oxygens (including phenoxy) is 2. The first kappa shape index (κ1) is 24.4. The maximum atomic E-state index is 13.6. The van der Waals surface area contributed by atoms with Crippen LogP contribution in [0.1, 0.15) is 5.56 Å². The lowest BCUT2D eigenvalue weighted by molar-refractivity contribution is -0.169. The van der Waals surface area contributed by atoms with Crippen LogP contribution in [0, 0.1) is 6.92 Å². The molecule has 0 saturated carbocycles. The van der Waals surface area contributed by atoms with Gasteiger partial charge in [0.1, 0.15) is 18.1 Å². The van der Waals surface area contributed by atoms with Crippen LogP contribution in [-0.2, 0) is 11.8 Å². The van der Waals surface area contributed by atoms with E-state index in [0.717, 1.165) is 0 Å². The minimum absolute atomic E-state index is 0.0216. The summed E-state index contributed by atoms with van der Waals surface area (Å²) in [5.41, 5.74) is 6.85. The number of rotatable bonds is 7. The topological polar surface area (TPSA) is 82.6 Å². The average Bonchev–Trinajstić information content (AvgIpc) is 3.10. The van der Waals surface area contributed by atoms with E-state index in [1.165, 1.54) is 54.4 Å². The number of halogens is 4. The summed E-state index contributed by atoms with van der Waals surface area (Å²) in [4.78, 5) is 13.1. The summed E-state index contributed by atoms with van der Waals surface area (Å²) in [6, 6.07) is 8.56. The van der Waals surface area contributed by atoms with E-state index < -0.39 is 12.1 Å². The Morgan fingerprint density at radius 3 is 2.33 bits per heavy atom. The van der Waals surface area contributed by atoms with Gasteiger partial charge in [-0.25, -0.2) is 0 Å². The van der Waals surface area contributed by atoms with Gasteiger partial charge >= 0.3 is 12.1 Å². The summed E-state index contributed by atoms with van der Waals surface area (Å²) >= 11 is 6.29. The predicted molar refractivity (Wildman–Crippen MR) is 119 cm³/mol. The van der Waals surface area contributed by atoms with E-state index >= 15 is 0 Å². The van der Waals surface area contributed by atoms with Gasteiger partial charge < -0.3 is 15.2 Å². The van der Waals surface area contributed by atoms with Gasteiger partial charge in [0.25, 0.3) is 0 Å². The van der Waals surface area contributed by atoms with Crippen molar-refractivity contribution in [3.8, 4) is 22.8 Å². The van der Waals surface area contributed by atoms with E-state index in [4.69, 9.17) is 26.8 Å². The monoisotopic (exact) mass is 482 g/mol. The second kappa shape index (κ2) is 9.72. The Morgan fingerprint density at radius 2 is 1.82 bits per heavy atom. The zero-order valence-electron chi connectivity index (χ0n) is 18.1. The smallest absolute Gasteiger partial charge is 0.472 e. The number of aryl methyl sites for hydroxylation is 2. The fourth-order valence-corrected chi connectivity index (χ4v) is 3.63. The third kappa shape index (κ3) is 5.07. The van der Waals surface area contributed by atoms with Crippen LogP contribution in [0.4, 0.5) is 24.5 Å². The van der Waals surface area contributed by atoms with Crippen LogP contribution in [0.3, 0.4) is 0 Å². The fourth-order valence-electron chi connectivity index (χ4n) is 3.36. The Labute approximate surface area is 193 Å². The number of amides is 1. The molecule has 33 heavy (non-hydrogen) atoms. The van der Waals surface area contributed by atoms with E-state index in [-0.39, 0.29) is 29.5 Å². The van der Waals surface area contributed by atoms with E-state index in [1.807, 2.05) is 0 Å². The Kier molecular flexibility index (Phi) is 7.19. The summed E-state index contributed by atoms with van der Waals surface area (Å²) < 4.78 is 53.0. The van der Waals surface area contributed by atoms with Crippen LogP contribution in [0.25, 0.3) is 11.3 Å². The zero-order chi connectivity index (χ0) is 24.3. The standard InChI is InChI=1S/C22H22ClF3N4O3/c1-13-10-14(4-6-18(13)32-3)30(21(31)22(24,25)26)15-5-7-19(33-9-8-27)16(11-15)20-17(23)12-28-29(20)2/h4-7,10-12H,8-9,27H2,1-3H3. The van der Waals surface area contributed by atoms with Crippen molar-refractivity contribution in [3.05, 3.63) is 53.2 Å². The van der Waals surface area contributed by atoms with Crippen molar-refractivity contribution in [1.29, 1.82) is 0 Å². The molecule has 0 radical (unpaired) electrons. The van der Waals surface area contributed by atoms with Crippen LogP contribution in [0.2, 0.25) is 5.02 Å². The highest BCUT2D eigenvalue weighted by Gasteiger charge is 2.44. The molecule has 0 unspecified atom stereocenters. The number of alkyl halides is 3. The molecule has 7 nitrogen and oxygen atoms in total. The van der Waals surface area contributed by atoms with Crippen molar-refractivity contribution in [2.75, 3.05) is 25.2 Å². The number of methoxy groups -OCH3 is 1. The molecule has 2 aromatic carbocycles. The zero-order valence-corrected chi connectivity index (χ0v) is 18.9. The van der Waals surface area contributed by atoms with Gasteiger partial charge in [0.05, 0.1) is 29.7 Å². The van der Waals surface area contributed by atoms with Crippen LogP contribution < -0.4 is 20.1 Å². The first-order valence-corrected chi connectivity index (χ1v) is 10.2. The maximum Gasteiger partial charge on any atom is 0.472 e. The first-order valence-electron chi connectivity index (χ1n) is 9.79. The third-order valence-electron chi connectivity index (χ3n) is 4.83. The van der Waals surface area contributed by atoms with Gasteiger partial charge in [-0.2, -0.15) is 18.3 Å². The van der Waals surface area contributed by atoms with Crippen molar-refractivity contribution in [2.45, 2.75) is 13.1 Å². The fraction of sp³-hybridized carbons (Fsp3) is 0.273. The number of hydrogen-bond acceptors (Lipinski definition) is 5. The molecule has 0 bridgehead atoms. The number of aromatic nitrogens is 2. The van der Waals surface area contributed by atoms with Gasteiger partial charge in [-0.05, 0) is 48.9 Å². The van der Waals surface area contributed by atoms with Gasteiger partial charge in [-0.15, -0.1) is 0 Å². The quantitative estimate of drug-likeness (QED) is 0.531. The molecule has 0 aliphatic heterocycles. The summed E-state index contributed by atoms with van der Waals surface area (Å²) in [6.07, 6.45) is -3.71. The molecule has 0 aliphatic carbocycles. The molecule has 2 N–H and O–H groups in total. The second-order valence-corrected chi connectivity index (χ2v) is 7.48. The molecular formula is C22H22ClF3N4O3. The van der Waals surface area contributed by atoms with Crippen molar-refractivity contribution in [1.82, 2.24) is 9.78 Å². The van der Waals surface area contributed by atoms with Crippen molar-refractivity contribution in [2.24, 2.45) is 12.8 Å². The molecular weight excluding hydrogens is 461 g/mol. The van der Waals surface area contributed by atoms with Crippen LogP contribution in [0.5, 0.6) is 11.5 Å². The SMILES string of the molecule is COc1ccc(N(C(=O)C(F)(F)F)c2ccc(OCCN)c(-c3c(Cl)cnn3C)c2)cc1C. The van der Waals surface area contributed by atoms with Gasteiger partial charge in [0, 0.05) is 24.8 Å². The molecule has 1 aromatic heterocycles. The van der Waals surface area contributed by atoms with Crippen LogP contribution >= 0.6 is 11.6 Å². The molecule has 176 valence electrons. The number of anilines is 2. The summed E-state index contributed by atoms with van der Waals surface area (Å²) in [7, 11) is 3.08. The summed E-state index contributed by atoms with van der Waals surface area (Å²) in [5, 5.41) is 4.35. The van der Waals surface area contributed by atoms with Crippen molar-refractivity contribution >= 4 is 28.9 Å². The normalized spacial score (nSPS) is 11.4. The largest absolute Gasteiger partial charge is 0.496 e. The number of carbonyl (C=O) groups is 1. The summed E-state index contributed by atoms with van der Waals surface area (Å²) in [6.45, 7) is 2.07. The second-order valence-electron chi connectivity index (χ2n) is 7.07. The van der Waals surface area contributed by atoms with Gasteiger partial charge in [0.15, 0.2) is 0 Å². The highest BCUT2D eigenvalue weighted by atomic mass is 35.5. The Morgan fingerprint density at radius 1 is 1.18 bits per heavy atom. The molecule has 3 aromatic rings. The maximum absolute atomic E-state index is 13.6. The lowest BCUT2D eigenvalue weighted by Gasteiger charge is -2.26. The van der Waals surface area contributed by atoms with E-state index in [1.54, 1.807) is 14.0 Å². The molecule has 0 saturated heterocycles. The van der Waals surface area contributed by atoms with Crippen molar-refractivity contribution in [3.63, 3.8) is 0 Å². The predicted octanol–water partition coefficient (Wildman–Crippen LogP) is 4.62. The Balaban J connectivity index is 2.23. The molecule has 11 heteroatoms. The molecule has 0 spiro atoms.